The van der Waals surface area contributed by atoms with Crippen molar-refractivity contribution in [2.24, 2.45) is 0 Å². The summed E-state index contributed by atoms with van der Waals surface area (Å²) in [5, 5.41) is 3.42. The maximum atomic E-state index is 12.0. The zero-order valence-electron chi connectivity index (χ0n) is 16.0. The number of nitrogens with zero attached hydrogens (tertiary/aromatic N) is 1. The number of morpholine rings is 1. The lowest BCUT2D eigenvalue weighted by Crippen LogP contribution is -2.48. The number of nitrogens with one attached hydrogen (secondary N) is 3. The maximum Gasteiger partial charge on any atom is 0.239 e. The number of hydrogen-bond donors (Lipinski definition) is 3. The Kier molecular flexibility index (Phi) is 7.81. The van der Waals surface area contributed by atoms with Crippen LogP contribution in [0.5, 0.6) is 0 Å². The summed E-state index contributed by atoms with van der Waals surface area (Å²) in [7, 11) is 0. The van der Waals surface area contributed by atoms with Gasteiger partial charge in [0.25, 0.3) is 0 Å². The summed E-state index contributed by atoms with van der Waals surface area (Å²) in [5.74, 6) is 0.405. The van der Waals surface area contributed by atoms with Gasteiger partial charge in [-0.2, -0.15) is 0 Å². The van der Waals surface area contributed by atoms with Gasteiger partial charge in [0, 0.05) is 31.7 Å². The molecule has 0 aliphatic carbocycles. The first-order valence-corrected chi connectivity index (χ1v) is 9.58. The van der Waals surface area contributed by atoms with Gasteiger partial charge in [-0.1, -0.05) is 26.0 Å². The molecule has 0 unspecified atom stereocenters. The van der Waals surface area contributed by atoms with Crippen LogP contribution in [0, 0.1) is 0 Å². The molecule has 0 saturated carbocycles. The first kappa shape index (κ1) is 20.6. The monoisotopic (exact) mass is 378 g/mol. The van der Waals surface area contributed by atoms with Crippen LogP contribution < -0.4 is 16.2 Å². The van der Waals surface area contributed by atoms with E-state index in [1.165, 1.54) is 5.56 Å². The van der Waals surface area contributed by atoms with Crippen LogP contribution in [0.1, 0.15) is 45.6 Å². The van der Waals surface area contributed by atoms with Crippen molar-refractivity contribution in [3.63, 3.8) is 0 Å². The number of anilines is 1. The van der Waals surface area contributed by atoms with Crippen LogP contribution in [0.4, 0.5) is 5.69 Å². The summed E-state index contributed by atoms with van der Waals surface area (Å²) in [4.78, 5) is 14.3. The summed E-state index contributed by atoms with van der Waals surface area (Å²) in [6.07, 6.45) is 0.829. The Morgan fingerprint density at radius 1 is 1.19 bits per heavy atom. The van der Waals surface area contributed by atoms with Crippen LogP contribution in [0.15, 0.2) is 24.3 Å². The minimum atomic E-state index is -0.0869. The Labute approximate surface area is 161 Å². The molecule has 7 heteroatoms. The van der Waals surface area contributed by atoms with Gasteiger partial charge in [0.1, 0.15) is 0 Å². The Hall–Kier alpha value is -1.70. The van der Waals surface area contributed by atoms with Crippen LogP contribution in [0.2, 0.25) is 0 Å². The van der Waals surface area contributed by atoms with Gasteiger partial charge in [0.15, 0.2) is 5.11 Å². The van der Waals surface area contributed by atoms with Gasteiger partial charge in [-0.25, -0.2) is 0 Å². The molecule has 1 aliphatic heterocycles. The number of benzene rings is 1. The van der Waals surface area contributed by atoms with Crippen molar-refractivity contribution in [3.8, 4) is 0 Å². The predicted molar refractivity (Wildman–Crippen MR) is 109 cm³/mol. The first-order valence-electron chi connectivity index (χ1n) is 9.17. The van der Waals surface area contributed by atoms with E-state index in [2.05, 4.69) is 60.9 Å². The number of ether oxygens (including phenoxy) is 1. The van der Waals surface area contributed by atoms with Crippen molar-refractivity contribution >= 4 is 28.9 Å². The third-order valence-corrected chi connectivity index (χ3v) is 4.51. The van der Waals surface area contributed by atoms with E-state index in [0.717, 1.165) is 18.8 Å². The van der Waals surface area contributed by atoms with Crippen LogP contribution >= 0.6 is 12.2 Å². The van der Waals surface area contributed by atoms with Gasteiger partial charge >= 0.3 is 0 Å². The zero-order valence-corrected chi connectivity index (χ0v) is 16.9. The van der Waals surface area contributed by atoms with Crippen LogP contribution in [-0.4, -0.2) is 47.8 Å². The predicted octanol–water partition coefficient (Wildman–Crippen LogP) is 2.63. The molecule has 1 amide bonds. The fourth-order valence-electron chi connectivity index (χ4n) is 3.03. The molecule has 1 heterocycles. The largest absolute Gasteiger partial charge is 0.373 e. The Morgan fingerprint density at radius 2 is 1.81 bits per heavy atom. The first-order chi connectivity index (χ1) is 12.3. The van der Waals surface area contributed by atoms with Crippen LogP contribution in [0.3, 0.4) is 0 Å². The number of rotatable bonds is 5. The summed E-state index contributed by atoms with van der Waals surface area (Å²) < 4.78 is 5.70. The van der Waals surface area contributed by atoms with E-state index in [-0.39, 0.29) is 18.1 Å². The lowest BCUT2D eigenvalue weighted by molar-refractivity contribution is -0.123. The van der Waals surface area contributed by atoms with Crippen molar-refractivity contribution in [3.05, 3.63) is 29.8 Å². The van der Waals surface area contributed by atoms with Gasteiger partial charge in [-0.15, -0.1) is 0 Å². The quantitative estimate of drug-likeness (QED) is 0.541. The molecule has 2 atom stereocenters. The van der Waals surface area contributed by atoms with Crippen molar-refractivity contribution in [1.82, 2.24) is 15.8 Å². The maximum absolute atomic E-state index is 12.0. The second-order valence-electron chi connectivity index (χ2n) is 7.17. The Balaban J connectivity index is 1.67. The molecule has 0 radical (unpaired) electrons. The lowest BCUT2D eigenvalue weighted by atomic mass is 10.0. The minimum Gasteiger partial charge on any atom is -0.373 e. The number of carbonyl (C=O) groups excluding carboxylic acids is 1. The zero-order chi connectivity index (χ0) is 19.1. The van der Waals surface area contributed by atoms with Crippen molar-refractivity contribution in [2.45, 2.75) is 52.2 Å². The van der Waals surface area contributed by atoms with E-state index in [4.69, 9.17) is 17.0 Å². The lowest BCUT2D eigenvalue weighted by Gasteiger charge is -2.35. The normalized spacial score (nSPS) is 20.7. The number of thiocarbonyl (C=S) groups is 1. The third kappa shape index (κ3) is 6.90. The highest BCUT2D eigenvalue weighted by molar-refractivity contribution is 7.80. The molecule has 0 bridgehead atoms. The SMILES string of the molecule is CC(C)c1ccc(NC(=S)NNC(=O)CCN2C[C@@H](C)O[C@H](C)C2)cc1. The molecule has 1 aromatic rings. The summed E-state index contributed by atoms with van der Waals surface area (Å²) in [6, 6.07) is 8.09. The fraction of sp³-hybridized carbons (Fsp3) is 0.579. The fourth-order valence-corrected chi connectivity index (χ4v) is 3.20. The van der Waals surface area contributed by atoms with Gasteiger partial charge in [-0.05, 0) is 49.7 Å². The highest BCUT2D eigenvalue weighted by Crippen LogP contribution is 2.17. The molecule has 1 fully saturated rings. The number of hydrazine groups is 1. The smallest absolute Gasteiger partial charge is 0.239 e. The Bertz CT molecular complexity index is 596. The molecule has 3 N–H and O–H groups in total. The molecular formula is C19H30N4O2S. The van der Waals surface area contributed by atoms with Gasteiger partial charge in [-0.3, -0.25) is 20.5 Å². The highest BCUT2D eigenvalue weighted by atomic mass is 32.1. The molecular weight excluding hydrogens is 348 g/mol. The average molecular weight is 379 g/mol. The van der Waals surface area contributed by atoms with E-state index < -0.39 is 0 Å². The van der Waals surface area contributed by atoms with Gasteiger partial charge in [0.2, 0.25) is 5.91 Å². The van der Waals surface area contributed by atoms with Gasteiger partial charge < -0.3 is 10.1 Å². The standard InChI is InChI=1S/C19H30N4O2S/c1-13(2)16-5-7-17(8-6-16)20-19(26)22-21-18(24)9-10-23-11-14(3)25-15(4)12-23/h5-8,13-15H,9-12H2,1-4H3,(H,21,24)(H2,20,22,26)/t14-,15-/m1/s1. The second-order valence-corrected chi connectivity index (χ2v) is 7.58. The molecule has 0 spiro atoms. The molecule has 2 rings (SSSR count). The minimum absolute atomic E-state index is 0.0869. The Morgan fingerprint density at radius 3 is 2.38 bits per heavy atom. The van der Waals surface area contributed by atoms with Crippen molar-refractivity contribution in [1.29, 1.82) is 0 Å². The molecule has 26 heavy (non-hydrogen) atoms. The number of hydrogen-bond acceptors (Lipinski definition) is 4. The van der Waals surface area contributed by atoms with E-state index in [1.807, 2.05) is 12.1 Å². The van der Waals surface area contributed by atoms with Crippen molar-refractivity contribution in [2.75, 3.05) is 25.0 Å². The van der Waals surface area contributed by atoms with Gasteiger partial charge in [0.05, 0.1) is 12.2 Å². The van der Waals surface area contributed by atoms with E-state index in [0.29, 0.717) is 24.0 Å². The van der Waals surface area contributed by atoms with Crippen LogP contribution in [0.25, 0.3) is 0 Å². The summed E-state index contributed by atoms with van der Waals surface area (Å²) >= 11 is 5.22. The highest BCUT2D eigenvalue weighted by Gasteiger charge is 2.22. The number of amides is 1. The summed E-state index contributed by atoms with van der Waals surface area (Å²) in [5.41, 5.74) is 7.55. The van der Waals surface area contributed by atoms with E-state index >= 15 is 0 Å². The average Bonchev–Trinajstić information content (AvgIpc) is 2.58. The van der Waals surface area contributed by atoms with Crippen molar-refractivity contribution < 1.29 is 9.53 Å². The van der Waals surface area contributed by atoms with E-state index in [1.54, 1.807) is 0 Å². The third-order valence-electron chi connectivity index (χ3n) is 4.30. The molecule has 6 nitrogen and oxygen atoms in total. The molecule has 144 valence electrons. The molecule has 0 aromatic heterocycles. The molecule has 1 aliphatic rings. The number of carbonyl (C=O) groups is 1. The molecule has 1 saturated heterocycles. The van der Waals surface area contributed by atoms with E-state index in [9.17, 15) is 4.79 Å². The molecule has 1 aromatic carbocycles. The van der Waals surface area contributed by atoms with Crippen LogP contribution in [-0.2, 0) is 9.53 Å². The second kappa shape index (κ2) is 9.85. The topological polar surface area (TPSA) is 65.6 Å². The summed E-state index contributed by atoms with van der Waals surface area (Å²) in [6.45, 7) is 10.9.